The Morgan fingerprint density at radius 1 is 0.917 bits per heavy atom. The van der Waals surface area contributed by atoms with Crippen molar-refractivity contribution in [3.8, 4) is 0 Å². The first-order valence-electron chi connectivity index (χ1n) is 9.58. The fraction of sp³-hybridized carbons (Fsp3) is 0.478. The molecule has 0 heterocycles. The Morgan fingerprint density at radius 3 is 2.33 bits per heavy atom. The summed E-state index contributed by atoms with van der Waals surface area (Å²) in [6.45, 7) is 2.27. The van der Waals surface area contributed by atoms with Gasteiger partial charge >= 0.3 is 0 Å². The first-order valence-corrected chi connectivity index (χ1v) is 9.58. The van der Waals surface area contributed by atoms with Gasteiger partial charge in [0.2, 0.25) is 0 Å². The molecule has 0 amide bonds. The number of halogens is 1. The third kappa shape index (κ3) is 4.47. The normalized spacial score (nSPS) is 20.9. The molecule has 0 aromatic heterocycles. The maximum Gasteiger partial charge on any atom is 0.126 e. The molecule has 1 aliphatic rings. The lowest BCUT2D eigenvalue weighted by Crippen LogP contribution is -2.13. The molecule has 2 aromatic carbocycles. The topological polar surface area (TPSA) is 0 Å². The smallest absolute Gasteiger partial charge is 0.126 e. The van der Waals surface area contributed by atoms with Crippen LogP contribution >= 0.6 is 0 Å². The molecule has 0 spiro atoms. The maximum absolute atomic E-state index is 14.5. The van der Waals surface area contributed by atoms with Crippen molar-refractivity contribution < 1.29 is 4.39 Å². The molecule has 0 aliphatic heterocycles. The zero-order valence-electron chi connectivity index (χ0n) is 14.8. The highest BCUT2D eigenvalue weighted by Gasteiger charge is 2.22. The van der Waals surface area contributed by atoms with Crippen LogP contribution in [-0.2, 0) is 12.8 Å². The number of aryl methyl sites for hydroxylation is 2. The van der Waals surface area contributed by atoms with E-state index in [1.807, 2.05) is 30.3 Å². The summed E-state index contributed by atoms with van der Waals surface area (Å²) < 4.78 is 14.5. The minimum atomic E-state index is -0.0147. The average molecular weight is 324 g/mol. The molecule has 1 fully saturated rings. The highest BCUT2D eigenvalue weighted by Crippen LogP contribution is 2.37. The zero-order valence-corrected chi connectivity index (χ0v) is 14.8. The molecule has 0 N–H and O–H groups in total. The lowest BCUT2D eigenvalue weighted by molar-refractivity contribution is 0.308. The van der Waals surface area contributed by atoms with E-state index in [4.69, 9.17) is 0 Å². The molecule has 0 unspecified atom stereocenters. The number of hydrogen-bond donors (Lipinski definition) is 0. The summed E-state index contributed by atoms with van der Waals surface area (Å²) in [5.74, 6) is 1.45. The summed E-state index contributed by atoms with van der Waals surface area (Å²) >= 11 is 0. The fourth-order valence-electron chi connectivity index (χ4n) is 4.14. The molecule has 0 radical (unpaired) electrons. The summed E-state index contributed by atoms with van der Waals surface area (Å²) in [7, 11) is 0. The average Bonchev–Trinajstić information content (AvgIpc) is 2.62. The lowest BCUT2D eigenvalue weighted by atomic mass is 9.77. The minimum absolute atomic E-state index is 0.0147. The van der Waals surface area contributed by atoms with Crippen molar-refractivity contribution in [2.75, 3.05) is 0 Å². The second-order valence-electron chi connectivity index (χ2n) is 7.34. The van der Waals surface area contributed by atoms with Crippen LogP contribution in [0.3, 0.4) is 0 Å². The first kappa shape index (κ1) is 17.2. The molecule has 1 saturated carbocycles. The summed E-state index contributed by atoms with van der Waals surface area (Å²) in [5, 5.41) is 0. The molecule has 3 rings (SSSR count). The van der Waals surface area contributed by atoms with Gasteiger partial charge in [-0.05, 0) is 73.1 Å². The van der Waals surface area contributed by atoms with Crippen LogP contribution in [-0.4, -0.2) is 0 Å². The van der Waals surface area contributed by atoms with Gasteiger partial charge in [0.15, 0.2) is 0 Å². The standard InChI is InChI=1S/C23H29F/c1-2-6-18-9-12-20(13-10-18)22-16-15-21(23(24)17-22)14-11-19-7-4-3-5-8-19/h3-5,7-8,15-18,20H,2,6,9-14H2,1H3. The highest BCUT2D eigenvalue weighted by atomic mass is 19.1. The first-order chi connectivity index (χ1) is 11.8. The van der Waals surface area contributed by atoms with Crippen molar-refractivity contribution >= 4 is 0 Å². The summed E-state index contributed by atoms with van der Waals surface area (Å²) in [6.07, 6.45) is 9.42. The number of rotatable bonds is 6. The van der Waals surface area contributed by atoms with Gasteiger partial charge in [0.05, 0.1) is 0 Å². The van der Waals surface area contributed by atoms with Crippen LogP contribution in [0.1, 0.15) is 68.1 Å². The monoisotopic (exact) mass is 324 g/mol. The summed E-state index contributed by atoms with van der Waals surface area (Å²) in [6, 6.07) is 16.3. The lowest BCUT2D eigenvalue weighted by Gasteiger charge is -2.28. The van der Waals surface area contributed by atoms with Crippen molar-refractivity contribution in [3.63, 3.8) is 0 Å². The van der Waals surface area contributed by atoms with Gasteiger partial charge in [-0.15, -0.1) is 0 Å². The van der Waals surface area contributed by atoms with Crippen molar-refractivity contribution in [1.29, 1.82) is 0 Å². The predicted molar refractivity (Wildman–Crippen MR) is 99.9 cm³/mol. The molecule has 0 nitrogen and oxygen atoms in total. The van der Waals surface area contributed by atoms with E-state index in [2.05, 4.69) is 25.1 Å². The molecular formula is C23H29F. The fourth-order valence-corrected chi connectivity index (χ4v) is 4.14. The van der Waals surface area contributed by atoms with Crippen LogP contribution in [0.5, 0.6) is 0 Å². The summed E-state index contributed by atoms with van der Waals surface area (Å²) in [5.41, 5.74) is 3.34. The highest BCUT2D eigenvalue weighted by molar-refractivity contribution is 5.28. The number of hydrogen-bond acceptors (Lipinski definition) is 0. The van der Waals surface area contributed by atoms with Gasteiger partial charge in [-0.3, -0.25) is 0 Å². The molecule has 0 saturated heterocycles. The van der Waals surface area contributed by atoms with E-state index in [1.54, 1.807) is 0 Å². The van der Waals surface area contributed by atoms with E-state index in [1.165, 1.54) is 49.7 Å². The Bertz CT molecular complexity index is 624. The number of benzene rings is 2. The molecule has 2 aromatic rings. The van der Waals surface area contributed by atoms with Crippen molar-refractivity contribution in [1.82, 2.24) is 0 Å². The Hall–Kier alpha value is -1.63. The second kappa shape index (κ2) is 8.46. The van der Waals surface area contributed by atoms with Gasteiger partial charge in [0, 0.05) is 0 Å². The van der Waals surface area contributed by atoms with Gasteiger partial charge in [0.1, 0.15) is 5.82 Å². The van der Waals surface area contributed by atoms with Crippen LogP contribution < -0.4 is 0 Å². The Balaban J connectivity index is 1.58. The van der Waals surface area contributed by atoms with Crippen LogP contribution in [0.4, 0.5) is 4.39 Å². The van der Waals surface area contributed by atoms with Crippen LogP contribution in [0.15, 0.2) is 48.5 Å². The van der Waals surface area contributed by atoms with E-state index < -0.39 is 0 Å². The Kier molecular flexibility index (Phi) is 6.07. The van der Waals surface area contributed by atoms with E-state index >= 15 is 0 Å². The zero-order chi connectivity index (χ0) is 16.8. The second-order valence-corrected chi connectivity index (χ2v) is 7.34. The molecule has 24 heavy (non-hydrogen) atoms. The largest absolute Gasteiger partial charge is 0.207 e. The minimum Gasteiger partial charge on any atom is -0.207 e. The van der Waals surface area contributed by atoms with Crippen LogP contribution in [0.25, 0.3) is 0 Å². The van der Waals surface area contributed by atoms with Crippen molar-refractivity contribution in [2.45, 2.75) is 64.2 Å². The van der Waals surface area contributed by atoms with Crippen LogP contribution in [0.2, 0.25) is 0 Å². The van der Waals surface area contributed by atoms with E-state index in [0.29, 0.717) is 5.92 Å². The molecule has 1 aliphatic carbocycles. The third-order valence-electron chi connectivity index (χ3n) is 5.62. The van der Waals surface area contributed by atoms with E-state index in [0.717, 1.165) is 24.3 Å². The maximum atomic E-state index is 14.5. The van der Waals surface area contributed by atoms with Gasteiger partial charge in [0.25, 0.3) is 0 Å². The molecule has 128 valence electrons. The van der Waals surface area contributed by atoms with Gasteiger partial charge in [-0.1, -0.05) is 62.2 Å². The van der Waals surface area contributed by atoms with Crippen molar-refractivity contribution in [2.24, 2.45) is 5.92 Å². The quantitative estimate of drug-likeness (QED) is 0.555. The molecule has 1 heteroatoms. The summed E-state index contributed by atoms with van der Waals surface area (Å²) in [4.78, 5) is 0. The van der Waals surface area contributed by atoms with Gasteiger partial charge in [-0.25, -0.2) is 4.39 Å². The SMILES string of the molecule is CCCC1CCC(c2ccc(CCc3ccccc3)c(F)c2)CC1. The van der Waals surface area contributed by atoms with Crippen LogP contribution in [0, 0.1) is 11.7 Å². The Labute approximate surface area is 146 Å². The Morgan fingerprint density at radius 2 is 1.67 bits per heavy atom. The van der Waals surface area contributed by atoms with E-state index in [9.17, 15) is 4.39 Å². The molecule has 0 atom stereocenters. The van der Waals surface area contributed by atoms with Crippen molar-refractivity contribution in [3.05, 3.63) is 71.0 Å². The predicted octanol–water partition coefficient (Wildman–Crippen LogP) is 6.68. The third-order valence-corrected chi connectivity index (χ3v) is 5.62. The van der Waals surface area contributed by atoms with Gasteiger partial charge < -0.3 is 0 Å². The molecular weight excluding hydrogens is 295 g/mol. The van der Waals surface area contributed by atoms with Gasteiger partial charge in [-0.2, -0.15) is 0 Å². The van der Waals surface area contributed by atoms with E-state index in [-0.39, 0.29) is 5.82 Å². The molecule has 0 bridgehead atoms.